The van der Waals surface area contributed by atoms with E-state index >= 15 is 0 Å². The van der Waals surface area contributed by atoms with Crippen LogP contribution in [0.4, 0.5) is 0 Å². The summed E-state index contributed by atoms with van der Waals surface area (Å²) in [6.45, 7) is 7.85. The summed E-state index contributed by atoms with van der Waals surface area (Å²) in [5, 5.41) is 13.7. The van der Waals surface area contributed by atoms with Gasteiger partial charge in [-0.05, 0) is 74.9 Å². The first kappa shape index (κ1) is 26.3. The normalized spacial score (nSPS) is 20.2. The van der Waals surface area contributed by atoms with E-state index in [4.69, 9.17) is 14.2 Å². The Balaban J connectivity index is 1.79. The number of ketones is 1. The minimum Gasteiger partial charge on any atom is -0.504 e. The molecule has 0 fully saturated rings. The van der Waals surface area contributed by atoms with Crippen LogP contribution in [0.15, 0.2) is 65.0 Å². The second-order valence-electron chi connectivity index (χ2n) is 9.57. The van der Waals surface area contributed by atoms with Crippen molar-refractivity contribution in [2.24, 2.45) is 0 Å². The number of Topliss-reactive ketones (excluding diaryl/α,β-unsaturated/α-hetero) is 1. The number of aromatic hydroxyl groups is 1. The van der Waals surface area contributed by atoms with Gasteiger partial charge in [0.05, 0.1) is 25.4 Å². The predicted molar refractivity (Wildman–Crippen MR) is 141 cm³/mol. The molecule has 0 spiro atoms. The predicted octanol–water partition coefficient (Wildman–Crippen LogP) is 5.50. The van der Waals surface area contributed by atoms with Crippen LogP contribution in [0, 0.1) is 0 Å². The number of allylic oxidation sites excluding steroid dienone is 3. The van der Waals surface area contributed by atoms with Crippen molar-refractivity contribution in [1.29, 1.82) is 0 Å². The van der Waals surface area contributed by atoms with Crippen molar-refractivity contribution < 1.29 is 28.9 Å². The highest BCUT2D eigenvalue weighted by Crippen LogP contribution is 2.47. The molecule has 0 bridgehead atoms. The van der Waals surface area contributed by atoms with E-state index in [9.17, 15) is 14.7 Å². The Labute approximate surface area is 218 Å². The molecule has 1 aliphatic heterocycles. The third-order valence-corrected chi connectivity index (χ3v) is 7.13. The molecule has 0 saturated carbocycles. The molecular weight excluding hydrogens is 470 g/mol. The molecule has 1 aliphatic carbocycles. The van der Waals surface area contributed by atoms with Crippen LogP contribution in [0.5, 0.6) is 17.2 Å². The van der Waals surface area contributed by atoms with Crippen molar-refractivity contribution in [3.8, 4) is 17.2 Å². The number of carbonyl (C=O) groups is 2. The Morgan fingerprint density at radius 1 is 1.11 bits per heavy atom. The molecule has 2 N–H and O–H groups in total. The maximum absolute atomic E-state index is 13.8. The van der Waals surface area contributed by atoms with Gasteiger partial charge in [0.15, 0.2) is 17.3 Å². The molecule has 4 rings (SSSR count). The van der Waals surface area contributed by atoms with Gasteiger partial charge in [0.2, 0.25) is 0 Å². The minimum absolute atomic E-state index is 0.00512. The molecule has 1 heterocycles. The number of dihydropyridines is 1. The Morgan fingerprint density at radius 2 is 1.81 bits per heavy atom. The topological polar surface area (TPSA) is 94.1 Å². The summed E-state index contributed by atoms with van der Waals surface area (Å²) in [6, 6.07) is 12.8. The first-order valence-corrected chi connectivity index (χ1v) is 12.8. The molecule has 0 unspecified atom stereocenters. The Hall–Kier alpha value is -3.74. The van der Waals surface area contributed by atoms with E-state index < -0.39 is 11.9 Å². The molecule has 0 radical (unpaired) electrons. The summed E-state index contributed by atoms with van der Waals surface area (Å²) >= 11 is 0. The molecule has 37 heavy (non-hydrogen) atoms. The summed E-state index contributed by atoms with van der Waals surface area (Å²) in [5.41, 5.74) is 4.20. The summed E-state index contributed by atoms with van der Waals surface area (Å²) < 4.78 is 16.6. The quantitative estimate of drug-likeness (QED) is 0.457. The fraction of sp³-hybridized carbons (Fsp3) is 0.400. The van der Waals surface area contributed by atoms with E-state index in [-0.39, 0.29) is 23.6 Å². The number of phenolic OH excluding ortho intramolecular Hbond substituents is 1. The number of phenols is 1. The molecule has 7 nitrogen and oxygen atoms in total. The van der Waals surface area contributed by atoms with E-state index in [1.807, 2.05) is 52.0 Å². The minimum atomic E-state index is -0.628. The number of rotatable bonds is 8. The fourth-order valence-corrected chi connectivity index (χ4v) is 5.07. The highest BCUT2D eigenvalue weighted by molar-refractivity contribution is 6.04. The van der Waals surface area contributed by atoms with Gasteiger partial charge in [-0.3, -0.25) is 4.79 Å². The lowest BCUT2D eigenvalue weighted by Gasteiger charge is -2.37. The van der Waals surface area contributed by atoms with Crippen LogP contribution in [0.2, 0.25) is 0 Å². The van der Waals surface area contributed by atoms with E-state index in [0.717, 1.165) is 17.0 Å². The number of nitrogens with one attached hydrogen (secondary N) is 1. The van der Waals surface area contributed by atoms with Crippen LogP contribution >= 0.6 is 0 Å². The molecule has 0 aromatic heterocycles. The van der Waals surface area contributed by atoms with E-state index in [2.05, 4.69) is 5.32 Å². The smallest absolute Gasteiger partial charge is 0.337 e. The number of hydrogen-bond acceptors (Lipinski definition) is 7. The number of benzene rings is 2. The highest BCUT2D eigenvalue weighted by atomic mass is 16.5. The number of hydrogen-bond donors (Lipinski definition) is 2. The first-order valence-electron chi connectivity index (χ1n) is 12.8. The van der Waals surface area contributed by atoms with Crippen LogP contribution in [-0.4, -0.2) is 36.7 Å². The van der Waals surface area contributed by atoms with Gasteiger partial charge in [0, 0.05) is 29.3 Å². The second-order valence-corrected chi connectivity index (χ2v) is 9.57. The van der Waals surface area contributed by atoms with Crippen molar-refractivity contribution in [2.45, 2.75) is 64.9 Å². The van der Waals surface area contributed by atoms with Crippen molar-refractivity contribution >= 4 is 11.8 Å². The van der Waals surface area contributed by atoms with Gasteiger partial charge in [0.25, 0.3) is 0 Å². The Kier molecular flexibility index (Phi) is 7.91. The zero-order valence-electron chi connectivity index (χ0n) is 22.1. The number of ether oxygens (including phenoxy) is 3. The average molecular weight is 506 g/mol. The van der Waals surface area contributed by atoms with Crippen LogP contribution < -0.4 is 14.8 Å². The molecule has 2 aliphatic rings. The molecule has 2 aromatic carbocycles. The molecule has 0 saturated heterocycles. The molecular formula is C30H35NO6. The van der Waals surface area contributed by atoms with Gasteiger partial charge in [-0.25, -0.2) is 4.79 Å². The summed E-state index contributed by atoms with van der Waals surface area (Å²) in [6.07, 6.45) is 1.38. The van der Waals surface area contributed by atoms with Crippen LogP contribution in [0.3, 0.4) is 0 Å². The average Bonchev–Trinajstić information content (AvgIpc) is 2.89. The number of carbonyl (C=O) groups excluding carboxylic acids is 2. The van der Waals surface area contributed by atoms with Gasteiger partial charge in [-0.2, -0.15) is 0 Å². The zero-order chi connectivity index (χ0) is 26.7. The third kappa shape index (κ3) is 5.36. The van der Waals surface area contributed by atoms with Gasteiger partial charge >= 0.3 is 5.97 Å². The SMILES string of the molecule is CCOc1cc([C@H]2C(C(=O)O[C@H](C)CC)=C(C)NC3=C2C(=O)C[C@@H](c2ccc(OC)cc2)C3)ccc1O. The number of esters is 1. The van der Waals surface area contributed by atoms with Crippen LogP contribution in [0.25, 0.3) is 0 Å². The van der Waals surface area contributed by atoms with Crippen LogP contribution in [0.1, 0.15) is 69.9 Å². The lowest BCUT2D eigenvalue weighted by atomic mass is 9.71. The summed E-state index contributed by atoms with van der Waals surface area (Å²) in [7, 11) is 1.63. The largest absolute Gasteiger partial charge is 0.504 e. The standard InChI is InChI=1S/C30H35NO6/c1-6-17(3)37-30(34)27-18(4)31-23-14-21(19-8-11-22(35-5)12-9-19)15-25(33)29(23)28(27)20-10-13-24(32)26(16-20)36-7-2/h8-13,16-17,21,28,31-32H,6-7,14-15H2,1-5H3/t17-,21+,28+/m1/s1. The maximum Gasteiger partial charge on any atom is 0.337 e. The van der Waals surface area contributed by atoms with Gasteiger partial charge in [0.1, 0.15) is 5.75 Å². The molecule has 196 valence electrons. The summed E-state index contributed by atoms with van der Waals surface area (Å²) in [4.78, 5) is 27.2. The lowest BCUT2D eigenvalue weighted by Crippen LogP contribution is -2.36. The lowest BCUT2D eigenvalue weighted by molar-refractivity contribution is -0.144. The van der Waals surface area contributed by atoms with Crippen LogP contribution in [-0.2, 0) is 14.3 Å². The fourth-order valence-electron chi connectivity index (χ4n) is 5.07. The third-order valence-electron chi connectivity index (χ3n) is 7.13. The monoisotopic (exact) mass is 505 g/mol. The van der Waals surface area contributed by atoms with Crippen molar-refractivity contribution in [1.82, 2.24) is 5.32 Å². The van der Waals surface area contributed by atoms with Crippen molar-refractivity contribution in [3.05, 3.63) is 76.1 Å². The van der Waals surface area contributed by atoms with Crippen molar-refractivity contribution in [3.63, 3.8) is 0 Å². The summed E-state index contributed by atoms with van der Waals surface area (Å²) in [5.74, 6) is -0.0104. The van der Waals surface area contributed by atoms with Gasteiger partial charge < -0.3 is 24.6 Å². The molecule has 3 atom stereocenters. The second kappa shape index (κ2) is 11.1. The van der Waals surface area contributed by atoms with E-state index in [0.29, 0.717) is 54.0 Å². The Bertz CT molecular complexity index is 1240. The Morgan fingerprint density at radius 3 is 2.46 bits per heavy atom. The maximum atomic E-state index is 13.8. The first-order chi connectivity index (χ1) is 17.8. The molecule has 0 amide bonds. The number of methoxy groups -OCH3 is 1. The molecule has 2 aromatic rings. The van der Waals surface area contributed by atoms with E-state index in [1.165, 1.54) is 0 Å². The zero-order valence-corrected chi connectivity index (χ0v) is 22.1. The van der Waals surface area contributed by atoms with Gasteiger partial charge in [-0.15, -0.1) is 0 Å². The molecule has 7 heteroatoms. The van der Waals surface area contributed by atoms with Crippen molar-refractivity contribution in [2.75, 3.05) is 13.7 Å². The van der Waals surface area contributed by atoms with Gasteiger partial charge in [-0.1, -0.05) is 25.1 Å². The highest BCUT2D eigenvalue weighted by Gasteiger charge is 2.42. The van der Waals surface area contributed by atoms with E-state index in [1.54, 1.807) is 25.3 Å².